The van der Waals surface area contributed by atoms with Crippen molar-refractivity contribution >= 4 is 44.8 Å². The van der Waals surface area contributed by atoms with E-state index in [0.29, 0.717) is 12.1 Å². The number of sulfonamides is 1. The number of nitrogens with one attached hydrogen (secondary N) is 2. The molecule has 0 radical (unpaired) electrons. The largest absolute Gasteiger partial charge is 0.325 e. The van der Waals surface area contributed by atoms with Crippen LogP contribution in [0.4, 0.5) is 5.69 Å². The van der Waals surface area contributed by atoms with E-state index in [1.165, 1.54) is 12.1 Å². The lowest BCUT2D eigenvalue weighted by molar-refractivity contribution is -0.120. The van der Waals surface area contributed by atoms with E-state index in [1.54, 1.807) is 39.8 Å². The molecule has 1 fully saturated rings. The second-order valence-corrected chi connectivity index (χ2v) is 10.2. The SMILES string of the molecule is CC(C)(C)NS(=O)(=O)c1cccc(NC(=O)C2(C)CC2(Cl)Cl)c1. The smallest absolute Gasteiger partial charge is 0.241 e. The first-order chi connectivity index (χ1) is 10.3. The molecule has 1 amide bonds. The number of benzene rings is 1. The van der Waals surface area contributed by atoms with Crippen molar-refractivity contribution in [3.63, 3.8) is 0 Å². The van der Waals surface area contributed by atoms with Crippen molar-refractivity contribution in [3.8, 4) is 0 Å². The first-order valence-electron chi connectivity index (χ1n) is 7.10. The number of anilines is 1. The van der Waals surface area contributed by atoms with Crippen molar-refractivity contribution < 1.29 is 13.2 Å². The van der Waals surface area contributed by atoms with Crippen LogP contribution in [-0.2, 0) is 14.8 Å². The van der Waals surface area contributed by atoms with Crippen LogP contribution in [0.25, 0.3) is 0 Å². The van der Waals surface area contributed by atoms with Crippen molar-refractivity contribution in [1.82, 2.24) is 4.72 Å². The van der Waals surface area contributed by atoms with Gasteiger partial charge in [-0.3, -0.25) is 4.79 Å². The molecule has 128 valence electrons. The quantitative estimate of drug-likeness (QED) is 0.789. The maximum atomic E-state index is 12.3. The Kier molecular flexibility index (Phi) is 4.52. The highest BCUT2D eigenvalue weighted by atomic mass is 35.5. The average Bonchev–Trinajstić information content (AvgIpc) is 2.87. The summed E-state index contributed by atoms with van der Waals surface area (Å²) in [5.74, 6) is -0.333. The summed E-state index contributed by atoms with van der Waals surface area (Å²) in [6.07, 6.45) is 0.360. The molecule has 2 rings (SSSR count). The number of carbonyl (C=O) groups is 1. The zero-order chi connectivity index (χ0) is 17.7. The Morgan fingerprint density at radius 2 is 1.83 bits per heavy atom. The number of alkyl halides is 2. The first-order valence-corrected chi connectivity index (χ1v) is 9.34. The fourth-order valence-corrected chi connectivity index (χ4v) is 4.29. The fourth-order valence-electron chi connectivity index (χ4n) is 2.12. The zero-order valence-electron chi connectivity index (χ0n) is 13.4. The third-order valence-corrected chi connectivity index (χ3v) is 6.46. The van der Waals surface area contributed by atoms with Crippen molar-refractivity contribution in [3.05, 3.63) is 24.3 Å². The predicted octanol–water partition coefficient (Wildman–Crippen LogP) is 3.29. The van der Waals surface area contributed by atoms with Gasteiger partial charge in [0.2, 0.25) is 15.9 Å². The van der Waals surface area contributed by atoms with Gasteiger partial charge in [0.05, 0.1) is 10.3 Å². The number of hydrogen-bond donors (Lipinski definition) is 2. The normalized spacial score (nSPS) is 23.4. The molecular weight excluding hydrogens is 359 g/mol. The summed E-state index contributed by atoms with van der Waals surface area (Å²) in [5, 5.41) is 2.68. The van der Waals surface area contributed by atoms with E-state index in [2.05, 4.69) is 10.0 Å². The Morgan fingerprint density at radius 1 is 1.26 bits per heavy atom. The second-order valence-electron chi connectivity index (χ2n) is 7.05. The van der Waals surface area contributed by atoms with E-state index >= 15 is 0 Å². The summed E-state index contributed by atoms with van der Waals surface area (Å²) in [7, 11) is -3.67. The molecule has 1 unspecified atom stereocenters. The lowest BCUT2D eigenvalue weighted by Crippen LogP contribution is -2.40. The monoisotopic (exact) mass is 378 g/mol. The summed E-state index contributed by atoms with van der Waals surface area (Å²) in [6.45, 7) is 6.93. The molecule has 0 aliphatic heterocycles. The first kappa shape index (κ1) is 18.5. The number of halogens is 2. The van der Waals surface area contributed by atoms with E-state index in [4.69, 9.17) is 23.2 Å². The van der Waals surface area contributed by atoms with Gasteiger partial charge in [-0.15, -0.1) is 23.2 Å². The minimum atomic E-state index is -3.67. The van der Waals surface area contributed by atoms with Crippen LogP contribution in [0.15, 0.2) is 29.2 Å². The van der Waals surface area contributed by atoms with E-state index in [0.717, 1.165) is 0 Å². The van der Waals surface area contributed by atoms with Gasteiger partial charge >= 0.3 is 0 Å². The van der Waals surface area contributed by atoms with E-state index in [9.17, 15) is 13.2 Å². The molecule has 1 atom stereocenters. The van der Waals surface area contributed by atoms with Crippen LogP contribution < -0.4 is 10.0 Å². The number of carbonyl (C=O) groups excluding carboxylic acids is 1. The predicted molar refractivity (Wildman–Crippen MR) is 92.3 cm³/mol. The molecule has 0 aromatic heterocycles. The molecule has 0 heterocycles. The van der Waals surface area contributed by atoms with Crippen LogP contribution in [-0.4, -0.2) is 24.2 Å². The number of hydrogen-bond acceptors (Lipinski definition) is 3. The van der Waals surface area contributed by atoms with Crippen LogP contribution in [0, 0.1) is 5.41 Å². The van der Waals surface area contributed by atoms with Crippen molar-refractivity contribution in [2.75, 3.05) is 5.32 Å². The zero-order valence-corrected chi connectivity index (χ0v) is 15.7. The standard InChI is InChI=1S/C15H20Cl2N2O3S/c1-13(2,3)19-23(21,22)11-7-5-6-10(8-11)18-12(20)14(4)9-15(14,16)17/h5-8,19H,9H2,1-4H3,(H,18,20). The van der Waals surface area contributed by atoms with Gasteiger partial charge in [0.1, 0.15) is 4.33 Å². The Balaban J connectivity index is 2.20. The summed E-state index contributed by atoms with van der Waals surface area (Å²) >= 11 is 12.0. The third-order valence-electron chi connectivity index (χ3n) is 3.60. The van der Waals surface area contributed by atoms with Crippen LogP contribution in [0.5, 0.6) is 0 Å². The van der Waals surface area contributed by atoms with Crippen LogP contribution in [0.1, 0.15) is 34.1 Å². The number of amides is 1. The Labute approximate surface area is 146 Å². The molecule has 0 bridgehead atoms. The topological polar surface area (TPSA) is 75.3 Å². The van der Waals surface area contributed by atoms with Crippen LogP contribution >= 0.6 is 23.2 Å². The fraction of sp³-hybridized carbons (Fsp3) is 0.533. The number of rotatable bonds is 4. The molecule has 0 spiro atoms. The molecule has 5 nitrogen and oxygen atoms in total. The van der Waals surface area contributed by atoms with Gasteiger partial charge in [-0.25, -0.2) is 13.1 Å². The van der Waals surface area contributed by atoms with Gasteiger partial charge in [-0.05, 0) is 52.3 Å². The molecule has 1 aliphatic rings. The van der Waals surface area contributed by atoms with Gasteiger partial charge in [0, 0.05) is 11.2 Å². The Bertz CT molecular complexity index is 741. The molecule has 2 N–H and O–H groups in total. The summed E-state index contributed by atoms with van der Waals surface area (Å²) < 4.78 is 26.2. The van der Waals surface area contributed by atoms with Crippen molar-refractivity contribution in [1.29, 1.82) is 0 Å². The molecule has 1 aliphatic carbocycles. The summed E-state index contributed by atoms with van der Waals surface area (Å²) in [5.41, 5.74) is -1.09. The van der Waals surface area contributed by atoms with Crippen molar-refractivity contribution in [2.45, 2.75) is 48.9 Å². The molecule has 1 saturated carbocycles. The average molecular weight is 379 g/mol. The van der Waals surface area contributed by atoms with Gasteiger partial charge in [0.15, 0.2) is 0 Å². The third kappa shape index (κ3) is 3.99. The second kappa shape index (κ2) is 5.62. The van der Waals surface area contributed by atoms with E-state index < -0.39 is 25.3 Å². The Morgan fingerprint density at radius 3 is 2.30 bits per heavy atom. The van der Waals surface area contributed by atoms with Crippen LogP contribution in [0.2, 0.25) is 0 Å². The maximum Gasteiger partial charge on any atom is 0.241 e. The summed E-state index contributed by atoms with van der Waals surface area (Å²) in [4.78, 5) is 12.3. The van der Waals surface area contributed by atoms with Crippen LogP contribution in [0.3, 0.4) is 0 Å². The molecule has 1 aromatic carbocycles. The molecular formula is C15H20Cl2N2O3S. The van der Waals surface area contributed by atoms with Gasteiger partial charge < -0.3 is 5.32 Å². The van der Waals surface area contributed by atoms with Crippen molar-refractivity contribution in [2.24, 2.45) is 5.41 Å². The maximum absolute atomic E-state index is 12.3. The minimum absolute atomic E-state index is 0.0779. The van der Waals surface area contributed by atoms with E-state index in [1.807, 2.05) is 0 Å². The molecule has 8 heteroatoms. The summed E-state index contributed by atoms with van der Waals surface area (Å²) in [6, 6.07) is 6.05. The molecule has 23 heavy (non-hydrogen) atoms. The molecule has 0 saturated heterocycles. The van der Waals surface area contributed by atoms with E-state index in [-0.39, 0.29) is 10.8 Å². The van der Waals surface area contributed by atoms with Gasteiger partial charge in [0.25, 0.3) is 0 Å². The molecule has 1 aromatic rings. The lowest BCUT2D eigenvalue weighted by Gasteiger charge is -2.20. The minimum Gasteiger partial charge on any atom is -0.325 e. The highest BCUT2D eigenvalue weighted by Gasteiger charge is 2.67. The Hall–Kier alpha value is -0.820. The highest BCUT2D eigenvalue weighted by Crippen LogP contribution is 2.64. The highest BCUT2D eigenvalue weighted by molar-refractivity contribution is 7.89. The van der Waals surface area contributed by atoms with Gasteiger partial charge in [-0.2, -0.15) is 0 Å². The lowest BCUT2D eigenvalue weighted by atomic mass is 10.1. The van der Waals surface area contributed by atoms with Gasteiger partial charge in [-0.1, -0.05) is 6.07 Å².